The molecule has 0 aromatic carbocycles. The third-order valence-corrected chi connectivity index (χ3v) is 5.38. The van der Waals surface area contributed by atoms with Crippen molar-refractivity contribution in [3.05, 3.63) is 20.8 Å². The molecule has 21 heavy (non-hydrogen) atoms. The maximum Gasteiger partial charge on any atom is 0.261 e. The molecule has 1 amide bonds. The highest BCUT2D eigenvalue weighted by Gasteiger charge is 2.33. The van der Waals surface area contributed by atoms with Crippen LogP contribution >= 0.6 is 27.3 Å². The number of nitrogens with one attached hydrogen (secondary N) is 1. The summed E-state index contributed by atoms with van der Waals surface area (Å²) in [6.45, 7) is 11.0. The van der Waals surface area contributed by atoms with Gasteiger partial charge in [-0.25, -0.2) is 0 Å². The van der Waals surface area contributed by atoms with E-state index >= 15 is 0 Å². The van der Waals surface area contributed by atoms with Crippen molar-refractivity contribution in [3.8, 4) is 0 Å². The van der Waals surface area contributed by atoms with E-state index in [2.05, 4.69) is 53.8 Å². The Hall–Kier alpha value is -0.430. The van der Waals surface area contributed by atoms with Gasteiger partial charge in [0.25, 0.3) is 5.91 Å². The van der Waals surface area contributed by atoms with Gasteiger partial charge in [-0.2, -0.15) is 0 Å². The quantitative estimate of drug-likeness (QED) is 0.879. The SMILES string of the molecule is CC1CN(C(C)(C)CNC(=O)c2ccc(Br)s2)CC(C)O1. The van der Waals surface area contributed by atoms with Crippen molar-refractivity contribution < 1.29 is 9.53 Å². The van der Waals surface area contributed by atoms with Gasteiger partial charge in [0.1, 0.15) is 0 Å². The van der Waals surface area contributed by atoms with Gasteiger partial charge in [0.05, 0.1) is 20.9 Å². The average Bonchev–Trinajstić information content (AvgIpc) is 2.82. The van der Waals surface area contributed by atoms with Crippen LogP contribution in [-0.4, -0.2) is 48.2 Å². The molecule has 0 spiro atoms. The van der Waals surface area contributed by atoms with Gasteiger partial charge in [-0.05, 0) is 55.8 Å². The number of carbonyl (C=O) groups excluding carboxylic acids is 1. The molecule has 1 fully saturated rings. The predicted molar refractivity (Wildman–Crippen MR) is 90.0 cm³/mol. The Balaban J connectivity index is 1.92. The summed E-state index contributed by atoms with van der Waals surface area (Å²) >= 11 is 4.84. The molecule has 6 heteroatoms. The Morgan fingerprint density at radius 3 is 2.57 bits per heavy atom. The lowest BCUT2D eigenvalue weighted by molar-refractivity contribution is -0.0948. The number of amides is 1. The van der Waals surface area contributed by atoms with E-state index in [0.29, 0.717) is 6.54 Å². The zero-order valence-electron chi connectivity index (χ0n) is 13.0. The first-order chi connectivity index (χ1) is 9.78. The molecule has 2 unspecified atom stereocenters. The van der Waals surface area contributed by atoms with E-state index < -0.39 is 0 Å². The summed E-state index contributed by atoms with van der Waals surface area (Å²) in [7, 11) is 0. The number of halogens is 1. The summed E-state index contributed by atoms with van der Waals surface area (Å²) in [6.07, 6.45) is 0.467. The molecule has 0 radical (unpaired) electrons. The van der Waals surface area contributed by atoms with Gasteiger partial charge in [0, 0.05) is 25.2 Å². The highest BCUT2D eigenvalue weighted by molar-refractivity contribution is 9.11. The fourth-order valence-electron chi connectivity index (χ4n) is 2.60. The van der Waals surface area contributed by atoms with Crippen molar-refractivity contribution in [1.29, 1.82) is 0 Å². The van der Waals surface area contributed by atoms with Crippen LogP contribution < -0.4 is 5.32 Å². The third-order valence-electron chi connectivity index (χ3n) is 3.75. The van der Waals surface area contributed by atoms with Crippen LogP contribution in [0.3, 0.4) is 0 Å². The van der Waals surface area contributed by atoms with Crippen LogP contribution in [0.2, 0.25) is 0 Å². The summed E-state index contributed by atoms with van der Waals surface area (Å²) in [5.41, 5.74) is -0.0869. The van der Waals surface area contributed by atoms with E-state index in [1.165, 1.54) is 11.3 Å². The zero-order valence-corrected chi connectivity index (χ0v) is 15.4. The van der Waals surface area contributed by atoms with Gasteiger partial charge in [-0.1, -0.05) is 0 Å². The van der Waals surface area contributed by atoms with E-state index in [0.717, 1.165) is 21.8 Å². The van der Waals surface area contributed by atoms with Crippen LogP contribution in [-0.2, 0) is 4.74 Å². The number of thiophene rings is 1. The molecule has 1 aromatic rings. The minimum Gasteiger partial charge on any atom is -0.373 e. The summed E-state index contributed by atoms with van der Waals surface area (Å²) in [6, 6.07) is 3.74. The van der Waals surface area contributed by atoms with Crippen LogP contribution in [0, 0.1) is 0 Å². The van der Waals surface area contributed by atoms with Gasteiger partial charge in [0.2, 0.25) is 0 Å². The molecule has 2 rings (SSSR count). The Labute approximate surface area is 139 Å². The largest absolute Gasteiger partial charge is 0.373 e. The smallest absolute Gasteiger partial charge is 0.261 e. The van der Waals surface area contributed by atoms with Gasteiger partial charge in [0.15, 0.2) is 0 Å². The highest BCUT2D eigenvalue weighted by Crippen LogP contribution is 2.23. The molecule has 1 N–H and O–H groups in total. The van der Waals surface area contributed by atoms with E-state index in [9.17, 15) is 4.79 Å². The van der Waals surface area contributed by atoms with Crippen molar-refractivity contribution >= 4 is 33.2 Å². The highest BCUT2D eigenvalue weighted by atomic mass is 79.9. The molecular formula is C15H23BrN2O2S. The number of carbonyl (C=O) groups is 1. The molecule has 0 saturated carbocycles. The molecular weight excluding hydrogens is 352 g/mol. The summed E-state index contributed by atoms with van der Waals surface area (Å²) < 4.78 is 6.75. The molecule has 0 aliphatic carbocycles. The molecule has 4 nitrogen and oxygen atoms in total. The van der Waals surface area contributed by atoms with Crippen LogP contribution in [0.4, 0.5) is 0 Å². The van der Waals surface area contributed by atoms with Crippen LogP contribution in [0.25, 0.3) is 0 Å². The van der Waals surface area contributed by atoms with Gasteiger partial charge >= 0.3 is 0 Å². The first-order valence-electron chi connectivity index (χ1n) is 7.22. The standard InChI is InChI=1S/C15H23BrN2O2S/c1-10-7-18(8-11(2)20-10)15(3,4)9-17-14(19)12-5-6-13(16)21-12/h5-6,10-11H,7-9H2,1-4H3,(H,17,19). The Kier molecular flexibility index (Phi) is 5.46. The second kappa shape index (κ2) is 6.77. The van der Waals surface area contributed by atoms with Crippen molar-refractivity contribution in [3.63, 3.8) is 0 Å². The normalized spacial score (nSPS) is 24.0. The Morgan fingerprint density at radius 2 is 2.05 bits per heavy atom. The Bertz CT molecular complexity index is 494. The summed E-state index contributed by atoms with van der Waals surface area (Å²) in [4.78, 5) is 15.3. The first kappa shape index (κ1) is 16.9. The topological polar surface area (TPSA) is 41.6 Å². The second-order valence-electron chi connectivity index (χ2n) is 6.26. The number of hydrogen-bond acceptors (Lipinski definition) is 4. The van der Waals surface area contributed by atoms with Crippen LogP contribution in [0.15, 0.2) is 15.9 Å². The van der Waals surface area contributed by atoms with Gasteiger partial charge in [-0.15, -0.1) is 11.3 Å². The van der Waals surface area contributed by atoms with Crippen LogP contribution in [0.5, 0.6) is 0 Å². The fourth-order valence-corrected chi connectivity index (χ4v) is 3.91. The monoisotopic (exact) mass is 374 g/mol. The Morgan fingerprint density at radius 1 is 1.43 bits per heavy atom. The van der Waals surface area contributed by atoms with E-state index in [4.69, 9.17) is 4.74 Å². The fraction of sp³-hybridized carbons (Fsp3) is 0.667. The third kappa shape index (κ3) is 4.52. The maximum atomic E-state index is 12.2. The molecule has 1 saturated heterocycles. The van der Waals surface area contributed by atoms with Crippen molar-refractivity contribution in [2.75, 3.05) is 19.6 Å². The second-order valence-corrected chi connectivity index (χ2v) is 8.72. The maximum absolute atomic E-state index is 12.2. The van der Waals surface area contributed by atoms with Gasteiger partial charge < -0.3 is 10.1 Å². The van der Waals surface area contributed by atoms with Crippen molar-refractivity contribution in [1.82, 2.24) is 10.2 Å². The molecule has 2 atom stereocenters. The molecule has 0 bridgehead atoms. The summed E-state index contributed by atoms with van der Waals surface area (Å²) in [5, 5.41) is 3.05. The summed E-state index contributed by atoms with van der Waals surface area (Å²) in [5.74, 6) is -0.00636. The first-order valence-corrected chi connectivity index (χ1v) is 8.83. The molecule has 2 heterocycles. The number of hydrogen-bond donors (Lipinski definition) is 1. The molecule has 1 aliphatic rings. The lowest BCUT2D eigenvalue weighted by atomic mass is 10.00. The average molecular weight is 375 g/mol. The lowest BCUT2D eigenvalue weighted by Gasteiger charge is -2.45. The van der Waals surface area contributed by atoms with Crippen molar-refractivity contribution in [2.45, 2.75) is 45.4 Å². The minimum absolute atomic E-state index is 0.00636. The van der Waals surface area contributed by atoms with E-state index in [-0.39, 0.29) is 23.7 Å². The lowest BCUT2D eigenvalue weighted by Crippen LogP contribution is -2.58. The number of rotatable bonds is 4. The van der Waals surface area contributed by atoms with Crippen LogP contribution in [0.1, 0.15) is 37.4 Å². The molecule has 1 aliphatic heterocycles. The van der Waals surface area contributed by atoms with E-state index in [1.807, 2.05) is 12.1 Å². The number of morpholine rings is 1. The predicted octanol–water partition coefficient (Wildman–Crippen LogP) is 3.13. The molecule has 118 valence electrons. The van der Waals surface area contributed by atoms with E-state index in [1.54, 1.807) is 0 Å². The van der Waals surface area contributed by atoms with Gasteiger partial charge in [-0.3, -0.25) is 9.69 Å². The number of nitrogens with zero attached hydrogens (tertiary/aromatic N) is 1. The zero-order chi connectivity index (χ0) is 15.6. The minimum atomic E-state index is -0.0869. The number of ether oxygens (including phenoxy) is 1. The van der Waals surface area contributed by atoms with Crippen molar-refractivity contribution in [2.24, 2.45) is 0 Å². The molecule has 1 aromatic heterocycles.